The van der Waals surface area contributed by atoms with Crippen molar-refractivity contribution in [2.45, 2.75) is 63.4 Å². The zero-order chi connectivity index (χ0) is 15.0. The SMILES string of the molecule is CCC1(C)NC(c2ccsc2)N(C2CCC(OC)C2)C1=O. The van der Waals surface area contributed by atoms with Gasteiger partial charge in [-0.05, 0) is 55.0 Å². The van der Waals surface area contributed by atoms with Crippen LogP contribution in [0.2, 0.25) is 0 Å². The van der Waals surface area contributed by atoms with Crippen molar-refractivity contribution in [1.82, 2.24) is 10.2 Å². The molecular weight excluding hydrogens is 284 g/mol. The molecule has 1 saturated carbocycles. The molecule has 1 saturated heterocycles. The normalized spacial score (nSPS) is 36.6. The van der Waals surface area contributed by atoms with Gasteiger partial charge < -0.3 is 9.64 Å². The van der Waals surface area contributed by atoms with Gasteiger partial charge in [0.05, 0.1) is 11.6 Å². The third-order valence-corrected chi connectivity index (χ3v) is 5.79. The van der Waals surface area contributed by atoms with E-state index in [1.807, 2.05) is 6.92 Å². The van der Waals surface area contributed by atoms with Crippen LogP contribution in [0.1, 0.15) is 51.3 Å². The Labute approximate surface area is 130 Å². The molecule has 21 heavy (non-hydrogen) atoms. The second-order valence-electron chi connectivity index (χ2n) is 6.33. The summed E-state index contributed by atoms with van der Waals surface area (Å²) in [5.74, 6) is 0.239. The van der Waals surface area contributed by atoms with E-state index in [9.17, 15) is 4.79 Å². The largest absolute Gasteiger partial charge is 0.381 e. The fourth-order valence-corrected chi connectivity index (χ4v) is 4.20. The molecule has 1 aromatic heterocycles. The summed E-state index contributed by atoms with van der Waals surface area (Å²) in [6.07, 6.45) is 4.14. The van der Waals surface area contributed by atoms with E-state index >= 15 is 0 Å². The zero-order valence-electron chi connectivity index (χ0n) is 13.0. The molecule has 0 bridgehead atoms. The lowest BCUT2D eigenvalue weighted by molar-refractivity contribution is -0.135. The summed E-state index contributed by atoms with van der Waals surface area (Å²) in [5, 5.41) is 7.79. The van der Waals surface area contributed by atoms with E-state index in [0.717, 1.165) is 25.7 Å². The van der Waals surface area contributed by atoms with Crippen LogP contribution in [0, 0.1) is 0 Å². The molecule has 3 rings (SSSR count). The minimum absolute atomic E-state index is 0.00862. The first-order chi connectivity index (χ1) is 10.1. The number of carbonyl (C=O) groups is 1. The Hall–Kier alpha value is -0.910. The van der Waals surface area contributed by atoms with Crippen molar-refractivity contribution in [2.75, 3.05) is 7.11 Å². The summed E-state index contributed by atoms with van der Waals surface area (Å²) in [4.78, 5) is 15.1. The molecule has 1 aliphatic heterocycles. The lowest BCUT2D eigenvalue weighted by atomic mass is 9.99. The van der Waals surface area contributed by atoms with Gasteiger partial charge in [0.25, 0.3) is 0 Å². The molecule has 0 radical (unpaired) electrons. The topological polar surface area (TPSA) is 41.6 Å². The molecule has 4 nitrogen and oxygen atoms in total. The Morgan fingerprint density at radius 2 is 2.33 bits per heavy atom. The molecule has 1 amide bonds. The van der Waals surface area contributed by atoms with Crippen LogP contribution in [0.25, 0.3) is 0 Å². The van der Waals surface area contributed by atoms with Crippen molar-refractivity contribution in [3.8, 4) is 0 Å². The van der Waals surface area contributed by atoms with Crippen molar-refractivity contribution >= 4 is 17.2 Å². The van der Waals surface area contributed by atoms with Crippen LogP contribution in [0.5, 0.6) is 0 Å². The number of ether oxygens (including phenoxy) is 1. The van der Waals surface area contributed by atoms with E-state index in [-0.39, 0.29) is 18.1 Å². The molecule has 1 N–H and O–H groups in total. The zero-order valence-corrected chi connectivity index (χ0v) is 13.8. The number of nitrogens with one attached hydrogen (secondary N) is 1. The van der Waals surface area contributed by atoms with Crippen molar-refractivity contribution in [1.29, 1.82) is 0 Å². The molecule has 1 aromatic rings. The Balaban J connectivity index is 1.89. The molecule has 4 atom stereocenters. The molecule has 2 aliphatic rings. The first-order valence-electron chi connectivity index (χ1n) is 7.74. The van der Waals surface area contributed by atoms with Gasteiger partial charge in [-0.2, -0.15) is 11.3 Å². The highest BCUT2D eigenvalue weighted by atomic mass is 32.1. The molecule has 1 aliphatic carbocycles. The summed E-state index contributed by atoms with van der Waals surface area (Å²) in [7, 11) is 1.77. The van der Waals surface area contributed by atoms with E-state index in [1.165, 1.54) is 5.56 Å². The number of nitrogens with zero attached hydrogens (tertiary/aromatic N) is 1. The Morgan fingerprint density at radius 1 is 1.52 bits per heavy atom. The molecule has 4 unspecified atom stereocenters. The van der Waals surface area contributed by atoms with Gasteiger partial charge in [0.1, 0.15) is 6.17 Å². The maximum absolute atomic E-state index is 13.0. The van der Waals surface area contributed by atoms with E-state index < -0.39 is 5.54 Å². The quantitative estimate of drug-likeness (QED) is 0.930. The number of carbonyl (C=O) groups excluding carboxylic acids is 1. The second kappa shape index (κ2) is 5.71. The van der Waals surface area contributed by atoms with Crippen LogP contribution in [0.4, 0.5) is 0 Å². The molecule has 2 heterocycles. The predicted molar refractivity (Wildman–Crippen MR) is 84.2 cm³/mol. The van der Waals surface area contributed by atoms with Crippen molar-refractivity contribution < 1.29 is 9.53 Å². The first-order valence-corrected chi connectivity index (χ1v) is 8.68. The number of hydrogen-bond acceptors (Lipinski definition) is 4. The number of methoxy groups -OCH3 is 1. The van der Waals surface area contributed by atoms with Gasteiger partial charge in [-0.1, -0.05) is 6.92 Å². The van der Waals surface area contributed by atoms with Gasteiger partial charge in [0.15, 0.2) is 0 Å². The summed E-state index contributed by atoms with van der Waals surface area (Å²) < 4.78 is 5.48. The Morgan fingerprint density at radius 3 is 2.90 bits per heavy atom. The maximum atomic E-state index is 13.0. The lowest BCUT2D eigenvalue weighted by Crippen LogP contribution is -2.44. The fourth-order valence-electron chi connectivity index (χ4n) is 3.52. The van der Waals surface area contributed by atoms with Crippen LogP contribution in [-0.4, -0.2) is 35.6 Å². The predicted octanol–water partition coefficient (Wildman–Crippen LogP) is 2.91. The Bertz CT molecular complexity index is 504. The standard InChI is InChI=1S/C16H24N2O2S/c1-4-16(2)15(19)18(12-5-6-13(9-12)20-3)14(17-16)11-7-8-21-10-11/h7-8,10,12-14,17H,4-6,9H2,1-3H3. The molecule has 5 heteroatoms. The van der Waals surface area contributed by atoms with Crippen LogP contribution in [0.15, 0.2) is 16.8 Å². The van der Waals surface area contributed by atoms with E-state index in [1.54, 1.807) is 18.4 Å². The lowest BCUT2D eigenvalue weighted by Gasteiger charge is -2.30. The van der Waals surface area contributed by atoms with Gasteiger partial charge in [-0.3, -0.25) is 10.1 Å². The Kier molecular flexibility index (Phi) is 4.08. The third-order valence-electron chi connectivity index (χ3n) is 5.09. The highest BCUT2D eigenvalue weighted by Gasteiger charge is 2.50. The van der Waals surface area contributed by atoms with Crippen LogP contribution >= 0.6 is 11.3 Å². The number of amides is 1. The van der Waals surface area contributed by atoms with Gasteiger partial charge in [-0.15, -0.1) is 0 Å². The second-order valence-corrected chi connectivity index (χ2v) is 7.11. The summed E-state index contributed by atoms with van der Waals surface area (Å²) in [5.41, 5.74) is 0.754. The number of hydrogen-bond donors (Lipinski definition) is 1. The maximum Gasteiger partial charge on any atom is 0.244 e. The smallest absolute Gasteiger partial charge is 0.244 e. The average molecular weight is 308 g/mol. The van der Waals surface area contributed by atoms with Gasteiger partial charge in [-0.25, -0.2) is 0 Å². The first kappa shape index (κ1) is 15.0. The monoisotopic (exact) mass is 308 g/mol. The van der Waals surface area contributed by atoms with E-state index in [0.29, 0.717) is 6.10 Å². The molecule has 0 aromatic carbocycles. The van der Waals surface area contributed by atoms with E-state index in [4.69, 9.17) is 4.74 Å². The average Bonchev–Trinajstić information content (AvgIpc) is 3.20. The highest BCUT2D eigenvalue weighted by Crippen LogP contribution is 2.39. The molecule has 2 fully saturated rings. The summed E-state index contributed by atoms with van der Waals surface area (Å²) in [6, 6.07) is 2.40. The number of thiophene rings is 1. The molecular formula is C16H24N2O2S. The fraction of sp³-hybridized carbons (Fsp3) is 0.688. The van der Waals surface area contributed by atoms with Gasteiger partial charge in [0, 0.05) is 13.2 Å². The van der Waals surface area contributed by atoms with Crippen molar-refractivity contribution in [3.05, 3.63) is 22.4 Å². The minimum Gasteiger partial charge on any atom is -0.381 e. The number of rotatable bonds is 4. The van der Waals surface area contributed by atoms with Crippen LogP contribution in [0.3, 0.4) is 0 Å². The van der Waals surface area contributed by atoms with Gasteiger partial charge >= 0.3 is 0 Å². The molecule has 0 spiro atoms. The highest BCUT2D eigenvalue weighted by molar-refractivity contribution is 7.07. The van der Waals surface area contributed by atoms with Crippen LogP contribution < -0.4 is 5.32 Å². The van der Waals surface area contributed by atoms with Crippen molar-refractivity contribution in [3.63, 3.8) is 0 Å². The van der Waals surface area contributed by atoms with Gasteiger partial charge in [0.2, 0.25) is 5.91 Å². The third kappa shape index (κ3) is 2.51. The summed E-state index contributed by atoms with van der Waals surface area (Å²) >= 11 is 1.68. The van der Waals surface area contributed by atoms with Crippen molar-refractivity contribution in [2.24, 2.45) is 0 Å². The molecule has 116 valence electrons. The minimum atomic E-state index is -0.447. The van der Waals surface area contributed by atoms with Crippen LogP contribution in [-0.2, 0) is 9.53 Å². The van der Waals surface area contributed by atoms with E-state index in [2.05, 4.69) is 34.0 Å². The summed E-state index contributed by atoms with van der Waals surface area (Å²) in [6.45, 7) is 4.10.